The molecule has 0 aliphatic carbocycles. The van der Waals surface area contributed by atoms with Crippen LogP contribution in [0.5, 0.6) is 0 Å². The Kier molecular flexibility index (Phi) is 4.23. The maximum absolute atomic E-state index is 12.2. The van der Waals surface area contributed by atoms with E-state index in [1.807, 2.05) is 12.1 Å². The highest BCUT2D eigenvalue weighted by atomic mass is 16.5. The Morgan fingerprint density at radius 2 is 2.13 bits per heavy atom. The quantitative estimate of drug-likeness (QED) is 0.784. The Balaban J connectivity index is 1.70. The molecule has 0 fully saturated rings. The van der Waals surface area contributed by atoms with Gasteiger partial charge in [-0.15, -0.1) is 0 Å². The average molecular weight is 310 g/mol. The van der Waals surface area contributed by atoms with Gasteiger partial charge in [0.25, 0.3) is 0 Å². The molecular formula is C17H18N4O2. The van der Waals surface area contributed by atoms with E-state index in [4.69, 9.17) is 4.52 Å². The van der Waals surface area contributed by atoms with Crippen molar-refractivity contribution in [2.24, 2.45) is 0 Å². The fourth-order valence-corrected chi connectivity index (χ4v) is 2.24. The molecule has 23 heavy (non-hydrogen) atoms. The van der Waals surface area contributed by atoms with Crippen molar-refractivity contribution < 1.29 is 9.32 Å². The SMILES string of the molecule is CCc1ccc(-c2cc(NC(=O)[C@@H](C)n3ccnc3)on2)cc1. The van der Waals surface area contributed by atoms with E-state index < -0.39 is 0 Å². The van der Waals surface area contributed by atoms with E-state index in [0.29, 0.717) is 11.6 Å². The summed E-state index contributed by atoms with van der Waals surface area (Å²) < 4.78 is 6.93. The van der Waals surface area contributed by atoms with Gasteiger partial charge in [-0.05, 0) is 18.9 Å². The van der Waals surface area contributed by atoms with Crippen LogP contribution in [-0.4, -0.2) is 20.6 Å². The zero-order valence-electron chi connectivity index (χ0n) is 13.1. The summed E-state index contributed by atoms with van der Waals surface area (Å²) in [6, 6.07) is 9.45. The Hall–Kier alpha value is -2.89. The van der Waals surface area contributed by atoms with Crippen LogP contribution in [0.3, 0.4) is 0 Å². The second-order valence-electron chi connectivity index (χ2n) is 5.30. The third-order valence-electron chi connectivity index (χ3n) is 3.77. The van der Waals surface area contributed by atoms with E-state index in [1.165, 1.54) is 5.56 Å². The van der Waals surface area contributed by atoms with Gasteiger partial charge in [0.2, 0.25) is 11.8 Å². The molecule has 1 atom stereocenters. The molecule has 0 bridgehead atoms. The van der Waals surface area contributed by atoms with Crippen LogP contribution < -0.4 is 5.32 Å². The molecule has 2 heterocycles. The number of benzene rings is 1. The first-order chi connectivity index (χ1) is 11.2. The summed E-state index contributed by atoms with van der Waals surface area (Å²) in [6.07, 6.45) is 5.97. The van der Waals surface area contributed by atoms with E-state index >= 15 is 0 Å². The van der Waals surface area contributed by atoms with E-state index in [2.05, 4.69) is 34.5 Å². The van der Waals surface area contributed by atoms with Gasteiger partial charge in [0.15, 0.2) is 0 Å². The van der Waals surface area contributed by atoms with Crippen molar-refractivity contribution in [2.75, 3.05) is 5.32 Å². The van der Waals surface area contributed by atoms with Crippen LogP contribution in [0.15, 0.2) is 53.6 Å². The van der Waals surface area contributed by atoms with E-state index in [-0.39, 0.29) is 11.9 Å². The van der Waals surface area contributed by atoms with Crippen molar-refractivity contribution in [1.29, 1.82) is 0 Å². The summed E-state index contributed by atoms with van der Waals surface area (Å²) in [5, 5.41) is 6.73. The number of aromatic nitrogens is 3. The van der Waals surface area contributed by atoms with Crippen molar-refractivity contribution >= 4 is 11.8 Å². The normalized spacial score (nSPS) is 12.1. The number of aryl methyl sites for hydroxylation is 1. The Bertz CT molecular complexity index is 775. The molecular weight excluding hydrogens is 292 g/mol. The zero-order chi connectivity index (χ0) is 16.2. The summed E-state index contributed by atoms with van der Waals surface area (Å²) in [7, 11) is 0. The first kappa shape index (κ1) is 15.0. The predicted molar refractivity (Wildman–Crippen MR) is 86.9 cm³/mol. The third-order valence-corrected chi connectivity index (χ3v) is 3.77. The van der Waals surface area contributed by atoms with Gasteiger partial charge in [-0.2, -0.15) is 0 Å². The van der Waals surface area contributed by atoms with Crippen LogP contribution in [0.1, 0.15) is 25.5 Å². The molecule has 3 rings (SSSR count). The number of hydrogen-bond donors (Lipinski definition) is 1. The van der Waals surface area contributed by atoms with Crippen LogP contribution >= 0.6 is 0 Å². The largest absolute Gasteiger partial charge is 0.338 e. The number of imidazole rings is 1. The highest BCUT2D eigenvalue weighted by Crippen LogP contribution is 2.23. The van der Waals surface area contributed by atoms with Crippen LogP contribution in [-0.2, 0) is 11.2 Å². The van der Waals surface area contributed by atoms with Gasteiger partial charge in [0.05, 0.1) is 6.33 Å². The molecule has 0 aliphatic heterocycles. The lowest BCUT2D eigenvalue weighted by Gasteiger charge is -2.11. The number of carbonyl (C=O) groups excluding carboxylic acids is 1. The molecule has 118 valence electrons. The summed E-state index contributed by atoms with van der Waals surface area (Å²) in [4.78, 5) is 16.1. The van der Waals surface area contributed by atoms with Gasteiger partial charge in [-0.25, -0.2) is 4.98 Å². The van der Waals surface area contributed by atoms with Crippen molar-refractivity contribution in [2.45, 2.75) is 26.3 Å². The average Bonchev–Trinajstić information content (AvgIpc) is 3.26. The molecule has 0 radical (unpaired) electrons. The Morgan fingerprint density at radius 3 is 2.78 bits per heavy atom. The fraction of sp³-hybridized carbons (Fsp3) is 0.235. The number of carbonyl (C=O) groups is 1. The topological polar surface area (TPSA) is 73.0 Å². The molecule has 0 aliphatic rings. The molecule has 0 unspecified atom stereocenters. The van der Waals surface area contributed by atoms with Crippen molar-refractivity contribution in [3.05, 3.63) is 54.6 Å². The standard InChI is InChI=1S/C17H18N4O2/c1-3-13-4-6-14(7-5-13)15-10-16(23-20-15)19-17(22)12(2)21-9-8-18-11-21/h4-12H,3H2,1-2H3,(H,19,22)/t12-/m1/s1. The van der Waals surface area contributed by atoms with E-state index in [0.717, 1.165) is 12.0 Å². The molecule has 6 nitrogen and oxygen atoms in total. The second-order valence-corrected chi connectivity index (χ2v) is 5.30. The van der Waals surface area contributed by atoms with Crippen LogP contribution in [0.4, 0.5) is 5.88 Å². The van der Waals surface area contributed by atoms with Gasteiger partial charge in [0.1, 0.15) is 11.7 Å². The minimum Gasteiger partial charge on any atom is -0.338 e. The molecule has 3 aromatic rings. The lowest BCUT2D eigenvalue weighted by atomic mass is 10.1. The maximum atomic E-state index is 12.2. The van der Waals surface area contributed by atoms with Gasteiger partial charge in [0, 0.05) is 24.0 Å². The first-order valence-corrected chi connectivity index (χ1v) is 7.51. The molecule has 0 saturated heterocycles. The molecule has 1 aromatic carbocycles. The highest BCUT2D eigenvalue weighted by Gasteiger charge is 2.16. The monoisotopic (exact) mass is 310 g/mol. The van der Waals surface area contributed by atoms with Crippen LogP contribution in [0.25, 0.3) is 11.3 Å². The minimum absolute atomic E-state index is 0.188. The zero-order valence-corrected chi connectivity index (χ0v) is 13.1. The van der Waals surface area contributed by atoms with Crippen molar-refractivity contribution in [1.82, 2.24) is 14.7 Å². The number of nitrogens with zero attached hydrogens (tertiary/aromatic N) is 3. The third kappa shape index (κ3) is 3.31. The van der Waals surface area contributed by atoms with E-state index in [1.54, 1.807) is 36.3 Å². The van der Waals surface area contributed by atoms with Crippen molar-refractivity contribution in [3.8, 4) is 11.3 Å². The van der Waals surface area contributed by atoms with Gasteiger partial charge < -0.3 is 9.09 Å². The summed E-state index contributed by atoms with van der Waals surface area (Å²) in [5.74, 6) is 0.142. The van der Waals surface area contributed by atoms with Gasteiger partial charge in [-0.1, -0.05) is 36.3 Å². The van der Waals surface area contributed by atoms with Crippen LogP contribution in [0, 0.1) is 0 Å². The second kappa shape index (κ2) is 6.48. The number of rotatable bonds is 5. The molecule has 6 heteroatoms. The number of hydrogen-bond acceptors (Lipinski definition) is 4. The molecule has 1 amide bonds. The van der Waals surface area contributed by atoms with Gasteiger partial charge in [-0.3, -0.25) is 10.1 Å². The Labute approximate surface area is 134 Å². The van der Waals surface area contributed by atoms with Gasteiger partial charge >= 0.3 is 0 Å². The lowest BCUT2D eigenvalue weighted by molar-refractivity contribution is -0.118. The number of anilines is 1. The predicted octanol–water partition coefficient (Wildman–Crippen LogP) is 3.30. The summed E-state index contributed by atoms with van der Waals surface area (Å²) in [6.45, 7) is 3.90. The Morgan fingerprint density at radius 1 is 1.35 bits per heavy atom. The summed E-state index contributed by atoms with van der Waals surface area (Å²) >= 11 is 0. The number of amides is 1. The number of nitrogens with one attached hydrogen (secondary N) is 1. The maximum Gasteiger partial charge on any atom is 0.249 e. The minimum atomic E-state index is -0.380. The summed E-state index contributed by atoms with van der Waals surface area (Å²) in [5.41, 5.74) is 2.91. The van der Waals surface area contributed by atoms with Crippen LogP contribution in [0.2, 0.25) is 0 Å². The lowest BCUT2D eigenvalue weighted by Crippen LogP contribution is -2.22. The van der Waals surface area contributed by atoms with Crippen molar-refractivity contribution in [3.63, 3.8) is 0 Å². The molecule has 0 saturated carbocycles. The highest BCUT2D eigenvalue weighted by molar-refractivity contribution is 5.92. The smallest absolute Gasteiger partial charge is 0.249 e. The van der Waals surface area contributed by atoms with E-state index in [9.17, 15) is 4.79 Å². The molecule has 2 aromatic heterocycles. The first-order valence-electron chi connectivity index (χ1n) is 7.51. The molecule has 1 N–H and O–H groups in total. The molecule has 0 spiro atoms. The fourth-order valence-electron chi connectivity index (χ4n) is 2.24.